The number of carbonyl (C=O) groups excluding carboxylic acids is 1. The SMILES string of the molecule is N#Cc1ccc(NCCCC[C@H](N)C(=O)N2CCC[C@H]2C#N)cc1C(F)(F)F. The molecule has 0 radical (unpaired) electrons. The number of nitriles is 2. The van der Waals surface area contributed by atoms with E-state index in [0.717, 1.165) is 18.6 Å². The molecule has 3 N–H and O–H groups in total. The zero-order valence-corrected chi connectivity index (χ0v) is 15.3. The van der Waals surface area contributed by atoms with Gasteiger partial charge in [-0.1, -0.05) is 0 Å². The summed E-state index contributed by atoms with van der Waals surface area (Å²) >= 11 is 0. The summed E-state index contributed by atoms with van der Waals surface area (Å²) < 4.78 is 38.9. The van der Waals surface area contributed by atoms with Crippen molar-refractivity contribution in [2.75, 3.05) is 18.4 Å². The summed E-state index contributed by atoms with van der Waals surface area (Å²) in [4.78, 5) is 13.8. The lowest BCUT2D eigenvalue weighted by atomic mass is 10.1. The largest absolute Gasteiger partial charge is 0.417 e. The van der Waals surface area contributed by atoms with Crippen molar-refractivity contribution in [1.29, 1.82) is 10.5 Å². The molecule has 28 heavy (non-hydrogen) atoms. The third-order valence-electron chi connectivity index (χ3n) is 4.72. The van der Waals surface area contributed by atoms with Gasteiger partial charge in [0.05, 0.1) is 29.3 Å². The predicted octanol–water partition coefficient (Wildman–Crippen LogP) is 3.00. The maximum Gasteiger partial charge on any atom is 0.417 e. The van der Waals surface area contributed by atoms with E-state index in [0.29, 0.717) is 38.8 Å². The average molecular weight is 393 g/mol. The number of nitrogens with two attached hydrogens (primary N) is 1. The fourth-order valence-corrected chi connectivity index (χ4v) is 3.21. The minimum absolute atomic E-state index is 0.223. The monoisotopic (exact) mass is 393 g/mol. The predicted molar refractivity (Wildman–Crippen MR) is 96.8 cm³/mol. The number of nitrogens with zero attached hydrogens (tertiary/aromatic N) is 3. The van der Waals surface area contributed by atoms with Crippen LogP contribution in [0, 0.1) is 22.7 Å². The Hall–Kier alpha value is -2.78. The molecule has 0 saturated carbocycles. The number of rotatable bonds is 7. The third kappa shape index (κ3) is 5.37. The number of nitrogens with one attached hydrogen (secondary N) is 1. The molecule has 1 aromatic carbocycles. The fraction of sp³-hybridized carbons (Fsp3) is 0.526. The van der Waals surface area contributed by atoms with E-state index in [9.17, 15) is 18.0 Å². The molecule has 1 aromatic rings. The molecule has 9 heteroatoms. The molecule has 1 heterocycles. The van der Waals surface area contributed by atoms with E-state index in [4.69, 9.17) is 16.3 Å². The van der Waals surface area contributed by atoms with Gasteiger partial charge in [0.25, 0.3) is 0 Å². The first-order valence-electron chi connectivity index (χ1n) is 9.09. The van der Waals surface area contributed by atoms with Crippen molar-refractivity contribution in [2.24, 2.45) is 5.73 Å². The van der Waals surface area contributed by atoms with Gasteiger partial charge < -0.3 is 16.0 Å². The summed E-state index contributed by atoms with van der Waals surface area (Å²) in [5.74, 6) is -0.223. The molecule has 0 spiro atoms. The number of amides is 1. The number of hydrogen-bond acceptors (Lipinski definition) is 5. The smallest absolute Gasteiger partial charge is 0.385 e. The van der Waals surface area contributed by atoms with Crippen molar-refractivity contribution in [3.8, 4) is 12.1 Å². The summed E-state index contributed by atoms with van der Waals surface area (Å²) in [6.07, 6.45) is -1.45. The van der Waals surface area contributed by atoms with Crippen LogP contribution < -0.4 is 11.1 Å². The number of anilines is 1. The second-order valence-corrected chi connectivity index (χ2v) is 6.72. The Labute approximate surface area is 161 Å². The molecule has 0 aromatic heterocycles. The lowest BCUT2D eigenvalue weighted by Gasteiger charge is -2.23. The highest BCUT2D eigenvalue weighted by molar-refractivity contribution is 5.82. The minimum atomic E-state index is -4.59. The number of hydrogen-bond donors (Lipinski definition) is 2. The van der Waals surface area contributed by atoms with E-state index in [1.165, 1.54) is 11.0 Å². The molecule has 1 saturated heterocycles. The molecule has 1 aliphatic heterocycles. The quantitative estimate of drug-likeness (QED) is 0.693. The topological polar surface area (TPSA) is 106 Å². The van der Waals surface area contributed by atoms with Gasteiger partial charge in [-0.25, -0.2) is 0 Å². The molecule has 6 nitrogen and oxygen atoms in total. The third-order valence-corrected chi connectivity index (χ3v) is 4.72. The Bertz CT molecular complexity index is 781. The van der Waals surface area contributed by atoms with Crippen LogP contribution in [0.2, 0.25) is 0 Å². The van der Waals surface area contributed by atoms with Gasteiger partial charge in [-0.3, -0.25) is 4.79 Å². The molecule has 150 valence electrons. The van der Waals surface area contributed by atoms with Crippen molar-refractivity contribution in [3.63, 3.8) is 0 Å². The zero-order valence-electron chi connectivity index (χ0n) is 15.3. The summed E-state index contributed by atoms with van der Waals surface area (Å²) in [5.41, 5.74) is 4.82. The standard InChI is InChI=1S/C19H22F3N5O/c20-19(21,22)16-10-14(7-6-13(16)11-23)26-8-2-1-5-17(25)18(28)27-9-3-4-15(27)12-24/h6-7,10,15,17,26H,1-5,8-9,25H2/t15-,17-/m0/s1. The normalized spacial score (nSPS) is 17.6. The highest BCUT2D eigenvalue weighted by Gasteiger charge is 2.34. The molecular weight excluding hydrogens is 371 g/mol. The van der Waals surface area contributed by atoms with E-state index in [-0.39, 0.29) is 11.6 Å². The fourth-order valence-electron chi connectivity index (χ4n) is 3.21. The van der Waals surface area contributed by atoms with E-state index in [2.05, 4.69) is 11.4 Å². The molecule has 0 unspecified atom stereocenters. The lowest BCUT2D eigenvalue weighted by molar-refractivity contribution is -0.137. The van der Waals surface area contributed by atoms with Crippen LogP contribution in [0.15, 0.2) is 18.2 Å². The second kappa shape index (κ2) is 9.43. The van der Waals surface area contributed by atoms with Gasteiger partial charge in [-0.15, -0.1) is 0 Å². The van der Waals surface area contributed by atoms with Gasteiger partial charge in [0, 0.05) is 18.8 Å². The molecule has 1 fully saturated rings. The molecule has 2 rings (SSSR count). The summed E-state index contributed by atoms with van der Waals surface area (Å²) in [5, 5.41) is 20.7. The highest BCUT2D eigenvalue weighted by Crippen LogP contribution is 2.33. The lowest BCUT2D eigenvalue weighted by Crippen LogP contribution is -2.45. The summed E-state index contributed by atoms with van der Waals surface area (Å²) in [6.45, 7) is 0.960. The van der Waals surface area contributed by atoms with Crippen molar-refractivity contribution in [2.45, 2.75) is 50.4 Å². The Kier molecular flexibility index (Phi) is 7.24. The Balaban J connectivity index is 1.78. The summed E-state index contributed by atoms with van der Waals surface area (Å²) in [7, 11) is 0. The van der Waals surface area contributed by atoms with Gasteiger partial charge in [-0.05, 0) is 50.3 Å². The first-order valence-corrected chi connectivity index (χ1v) is 9.09. The molecule has 0 bridgehead atoms. The Morgan fingerprint density at radius 2 is 2.11 bits per heavy atom. The van der Waals surface area contributed by atoms with Gasteiger partial charge in [0.1, 0.15) is 6.04 Å². The Morgan fingerprint density at radius 1 is 1.36 bits per heavy atom. The van der Waals surface area contributed by atoms with Crippen molar-refractivity contribution >= 4 is 11.6 Å². The number of halogens is 3. The van der Waals surface area contributed by atoms with Gasteiger partial charge in [0.15, 0.2) is 0 Å². The van der Waals surface area contributed by atoms with Crippen LogP contribution in [-0.2, 0) is 11.0 Å². The van der Waals surface area contributed by atoms with E-state index in [1.54, 1.807) is 6.07 Å². The number of likely N-dealkylation sites (tertiary alicyclic amines) is 1. The van der Waals surface area contributed by atoms with Crippen LogP contribution in [0.3, 0.4) is 0 Å². The maximum atomic E-state index is 13.0. The second-order valence-electron chi connectivity index (χ2n) is 6.72. The van der Waals surface area contributed by atoms with E-state index in [1.807, 2.05) is 0 Å². The van der Waals surface area contributed by atoms with Crippen molar-refractivity contribution in [1.82, 2.24) is 4.90 Å². The zero-order chi connectivity index (χ0) is 20.7. The first-order chi connectivity index (χ1) is 13.3. The molecule has 1 amide bonds. The van der Waals surface area contributed by atoms with Crippen LogP contribution in [0.1, 0.15) is 43.2 Å². The van der Waals surface area contributed by atoms with Crippen LogP contribution >= 0.6 is 0 Å². The van der Waals surface area contributed by atoms with Crippen LogP contribution in [0.4, 0.5) is 18.9 Å². The average Bonchev–Trinajstić information content (AvgIpc) is 3.14. The van der Waals surface area contributed by atoms with Gasteiger partial charge >= 0.3 is 6.18 Å². The van der Waals surface area contributed by atoms with Crippen LogP contribution in [-0.4, -0.2) is 36.0 Å². The van der Waals surface area contributed by atoms with Crippen molar-refractivity contribution < 1.29 is 18.0 Å². The molecule has 1 aliphatic rings. The van der Waals surface area contributed by atoms with Gasteiger partial charge in [0.2, 0.25) is 5.91 Å². The van der Waals surface area contributed by atoms with Crippen LogP contribution in [0.5, 0.6) is 0 Å². The first kappa shape index (κ1) is 21.5. The molecule has 0 aliphatic carbocycles. The molecule has 2 atom stereocenters. The number of benzene rings is 1. The van der Waals surface area contributed by atoms with Crippen molar-refractivity contribution in [3.05, 3.63) is 29.3 Å². The van der Waals surface area contributed by atoms with E-state index < -0.39 is 29.4 Å². The molecular formula is C19H22F3N5O. The minimum Gasteiger partial charge on any atom is -0.385 e. The number of carbonyl (C=O) groups is 1. The highest BCUT2D eigenvalue weighted by atomic mass is 19.4. The summed E-state index contributed by atoms with van der Waals surface area (Å²) in [6, 6.07) is 6.05. The number of unbranched alkanes of at least 4 members (excludes halogenated alkanes) is 1. The number of alkyl halides is 3. The van der Waals surface area contributed by atoms with Crippen LogP contribution in [0.25, 0.3) is 0 Å². The Morgan fingerprint density at radius 3 is 2.75 bits per heavy atom. The maximum absolute atomic E-state index is 13.0. The van der Waals surface area contributed by atoms with Gasteiger partial charge in [-0.2, -0.15) is 23.7 Å². The van der Waals surface area contributed by atoms with E-state index >= 15 is 0 Å².